The minimum atomic E-state index is -0.748. The van der Waals surface area contributed by atoms with Gasteiger partial charge in [0.1, 0.15) is 5.54 Å². The molecule has 0 aliphatic heterocycles. The molecule has 142 valence electrons. The van der Waals surface area contributed by atoms with Gasteiger partial charge in [0.25, 0.3) is 0 Å². The van der Waals surface area contributed by atoms with Gasteiger partial charge in [-0.2, -0.15) is 10.4 Å². The predicted octanol–water partition coefficient (Wildman–Crippen LogP) is 2.73. The lowest BCUT2D eigenvalue weighted by molar-refractivity contribution is -0.123. The van der Waals surface area contributed by atoms with E-state index in [1.807, 2.05) is 60.8 Å². The van der Waals surface area contributed by atoms with Crippen molar-refractivity contribution in [1.29, 1.82) is 5.26 Å². The highest BCUT2D eigenvalue weighted by molar-refractivity contribution is 5.79. The predicted molar refractivity (Wildman–Crippen MR) is 104 cm³/mol. The normalized spacial score (nSPS) is 16.0. The Labute approximate surface area is 160 Å². The number of carbonyl (C=O) groups excluding carboxylic acids is 1. The highest BCUT2D eigenvalue weighted by atomic mass is 16.2. The molecule has 1 N–H and O–H groups in total. The van der Waals surface area contributed by atoms with Crippen molar-refractivity contribution >= 4 is 5.91 Å². The van der Waals surface area contributed by atoms with Crippen molar-refractivity contribution in [2.45, 2.75) is 45.7 Å². The Morgan fingerprint density at radius 3 is 2.63 bits per heavy atom. The fraction of sp³-hybridized carbons (Fsp3) is 0.476. The monoisotopic (exact) mass is 365 g/mol. The fourth-order valence-corrected chi connectivity index (χ4v) is 3.51. The van der Waals surface area contributed by atoms with E-state index in [1.54, 1.807) is 0 Å². The summed E-state index contributed by atoms with van der Waals surface area (Å²) in [6, 6.07) is 12.3. The SMILES string of the molecule is Cc1nn(-c2ccccc2)c(C)c1CN(C)CC(=O)N[C@@](C)(C#N)C1CC1. The maximum absolute atomic E-state index is 12.4. The van der Waals surface area contributed by atoms with Gasteiger partial charge < -0.3 is 5.32 Å². The van der Waals surface area contributed by atoms with Crippen molar-refractivity contribution < 1.29 is 4.79 Å². The maximum Gasteiger partial charge on any atom is 0.235 e. The van der Waals surface area contributed by atoms with E-state index in [0.717, 1.165) is 35.5 Å². The standard InChI is InChI=1S/C21H27N5O/c1-15-19(16(2)26(24-15)18-8-6-5-7-9-18)12-25(4)13-20(27)23-21(3,14-22)17-10-11-17/h5-9,17H,10-13H2,1-4H3,(H,23,27)/t21-/m0/s1. The quantitative estimate of drug-likeness (QED) is 0.819. The van der Waals surface area contributed by atoms with Crippen molar-refractivity contribution in [3.8, 4) is 11.8 Å². The number of amides is 1. The molecule has 27 heavy (non-hydrogen) atoms. The molecule has 1 aromatic carbocycles. The van der Waals surface area contributed by atoms with Crippen molar-refractivity contribution in [1.82, 2.24) is 20.0 Å². The van der Waals surface area contributed by atoms with E-state index in [9.17, 15) is 10.1 Å². The number of carbonyl (C=O) groups is 1. The Hall–Kier alpha value is -2.65. The van der Waals surface area contributed by atoms with E-state index in [4.69, 9.17) is 0 Å². The third-order valence-electron chi connectivity index (χ3n) is 5.31. The number of nitrogens with one attached hydrogen (secondary N) is 1. The minimum absolute atomic E-state index is 0.112. The second kappa shape index (κ2) is 7.53. The summed E-state index contributed by atoms with van der Waals surface area (Å²) in [5.41, 5.74) is 3.44. The molecular weight excluding hydrogens is 338 g/mol. The molecule has 1 aliphatic rings. The van der Waals surface area contributed by atoms with Crippen LogP contribution >= 0.6 is 0 Å². The number of nitrogens with zero attached hydrogens (tertiary/aromatic N) is 4. The zero-order valence-corrected chi connectivity index (χ0v) is 16.5. The molecule has 0 bridgehead atoms. The number of rotatable bonds is 7. The Morgan fingerprint density at radius 1 is 1.37 bits per heavy atom. The Balaban J connectivity index is 1.66. The number of para-hydroxylation sites is 1. The number of hydrogen-bond donors (Lipinski definition) is 1. The van der Waals surface area contributed by atoms with E-state index in [-0.39, 0.29) is 18.4 Å². The van der Waals surface area contributed by atoms with Gasteiger partial charge in [-0.15, -0.1) is 0 Å². The number of benzene rings is 1. The average Bonchev–Trinajstić information content (AvgIpc) is 3.46. The van der Waals surface area contributed by atoms with Crippen molar-refractivity contribution in [2.75, 3.05) is 13.6 Å². The van der Waals surface area contributed by atoms with Gasteiger partial charge in [0.05, 0.1) is 24.0 Å². The lowest BCUT2D eigenvalue weighted by Gasteiger charge is -2.25. The van der Waals surface area contributed by atoms with E-state index in [2.05, 4.69) is 23.4 Å². The van der Waals surface area contributed by atoms with Crippen LogP contribution in [-0.4, -0.2) is 39.7 Å². The molecule has 0 unspecified atom stereocenters. The number of hydrogen-bond acceptors (Lipinski definition) is 4. The highest BCUT2D eigenvalue weighted by Crippen LogP contribution is 2.39. The Bertz CT molecular complexity index is 863. The molecule has 1 atom stereocenters. The van der Waals surface area contributed by atoms with Crippen LogP contribution < -0.4 is 5.32 Å². The molecule has 1 aromatic heterocycles. The summed E-state index contributed by atoms with van der Waals surface area (Å²) in [7, 11) is 1.92. The smallest absolute Gasteiger partial charge is 0.235 e. The molecule has 1 saturated carbocycles. The molecule has 6 heteroatoms. The van der Waals surface area contributed by atoms with E-state index in [1.165, 1.54) is 0 Å². The van der Waals surface area contributed by atoms with Crippen molar-refractivity contribution in [2.24, 2.45) is 5.92 Å². The first-order valence-corrected chi connectivity index (χ1v) is 9.35. The van der Waals surface area contributed by atoms with Crippen LogP contribution in [0, 0.1) is 31.1 Å². The molecular formula is C21H27N5O. The molecule has 0 spiro atoms. The van der Waals surface area contributed by atoms with Crippen LogP contribution in [0.1, 0.15) is 36.7 Å². The Morgan fingerprint density at radius 2 is 2.04 bits per heavy atom. The van der Waals surface area contributed by atoms with Gasteiger partial charge in [0.15, 0.2) is 0 Å². The first-order chi connectivity index (χ1) is 12.8. The summed E-state index contributed by atoms with van der Waals surface area (Å²) < 4.78 is 1.94. The topological polar surface area (TPSA) is 74.0 Å². The van der Waals surface area contributed by atoms with Gasteiger partial charge >= 0.3 is 0 Å². The zero-order valence-electron chi connectivity index (χ0n) is 16.5. The van der Waals surface area contributed by atoms with E-state index in [0.29, 0.717) is 6.54 Å². The van der Waals surface area contributed by atoms with Gasteiger partial charge in [-0.1, -0.05) is 18.2 Å². The third-order valence-corrected chi connectivity index (χ3v) is 5.31. The molecule has 1 heterocycles. The van der Waals surface area contributed by atoms with Gasteiger partial charge in [-0.05, 0) is 58.7 Å². The maximum atomic E-state index is 12.4. The molecule has 1 amide bonds. The zero-order chi connectivity index (χ0) is 19.6. The average molecular weight is 365 g/mol. The summed E-state index contributed by atoms with van der Waals surface area (Å²) in [5.74, 6) is 0.171. The first-order valence-electron chi connectivity index (χ1n) is 9.35. The molecule has 1 aliphatic carbocycles. The van der Waals surface area contributed by atoms with Gasteiger partial charge in [0.2, 0.25) is 5.91 Å². The summed E-state index contributed by atoms with van der Waals surface area (Å²) in [6.07, 6.45) is 2.02. The number of aromatic nitrogens is 2. The largest absolute Gasteiger partial charge is 0.337 e. The lowest BCUT2D eigenvalue weighted by atomic mass is 9.98. The number of likely N-dealkylation sites (N-methyl/N-ethyl adjacent to an activating group) is 1. The molecule has 6 nitrogen and oxygen atoms in total. The molecule has 3 rings (SSSR count). The van der Waals surface area contributed by atoms with Crippen LogP contribution in [0.4, 0.5) is 0 Å². The third kappa shape index (κ3) is 4.20. The molecule has 2 aromatic rings. The second-order valence-electron chi connectivity index (χ2n) is 7.71. The minimum Gasteiger partial charge on any atom is -0.337 e. The van der Waals surface area contributed by atoms with Crippen LogP contribution in [0.3, 0.4) is 0 Å². The van der Waals surface area contributed by atoms with Crippen molar-refractivity contribution in [3.05, 3.63) is 47.3 Å². The van der Waals surface area contributed by atoms with E-state index >= 15 is 0 Å². The van der Waals surface area contributed by atoms with E-state index < -0.39 is 5.54 Å². The summed E-state index contributed by atoms with van der Waals surface area (Å²) in [4.78, 5) is 14.4. The number of nitriles is 1. The van der Waals surface area contributed by atoms with Gasteiger partial charge in [0, 0.05) is 17.8 Å². The van der Waals surface area contributed by atoms with Crippen LogP contribution in [0.25, 0.3) is 5.69 Å². The van der Waals surface area contributed by atoms with Gasteiger partial charge in [-0.3, -0.25) is 9.69 Å². The second-order valence-corrected chi connectivity index (χ2v) is 7.71. The van der Waals surface area contributed by atoms with Crippen LogP contribution in [0.2, 0.25) is 0 Å². The Kier molecular flexibility index (Phi) is 5.33. The lowest BCUT2D eigenvalue weighted by Crippen LogP contribution is -2.49. The van der Waals surface area contributed by atoms with Crippen molar-refractivity contribution in [3.63, 3.8) is 0 Å². The summed E-state index contributed by atoms with van der Waals surface area (Å²) in [6.45, 7) is 6.75. The highest BCUT2D eigenvalue weighted by Gasteiger charge is 2.43. The summed E-state index contributed by atoms with van der Waals surface area (Å²) >= 11 is 0. The molecule has 1 fully saturated rings. The first kappa shape index (κ1) is 19.1. The summed E-state index contributed by atoms with van der Waals surface area (Å²) in [5, 5.41) is 17.0. The fourth-order valence-electron chi connectivity index (χ4n) is 3.51. The van der Waals surface area contributed by atoms with Crippen LogP contribution in [-0.2, 0) is 11.3 Å². The van der Waals surface area contributed by atoms with Gasteiger partial charge in [-0.25, -0.2) is 4.68 Å². The molecule has 0 saturated heterocycles. The molecule has 0 radical (unpaired) electrons. The number of aryl methyl sites for hydroxylation is 1. The van der Waals surface area contributed by atoms with Crippen LogP contribution in [0.15, 0.2) is 30.3 Å². The van der Waals surface area contributed by atoms with Crippen LogP contribution in [0.5, 0.6) is 0 Å².